The topological polar surface area (TPSA) is 42.0 Å². The normalized spacial score (nSPS) is 10.7. The number of aromatic nitrogens is 1. The molecule has 0 spiro atoms. The number of carbonyl (C=O) groups excluding carboxylic acids is 1. The zero-order valence-corrected chi connectivity index (χ0v) is 13.0. The van der Waals surface area contributed by atoms with Gasteiger partial charge in [-0.25, -0.2) is 4.39 Å². The van der Waals surface area contributed by atoms with E-state index in [2.05, 4.69) is 10.3 Å². The van der Waals surface area contributed by atoms with E-state index in [-0.39, 0.29) is 11.7 Å². The van der Waals surface area contributed by atoms with Crippen LogP contribution in [0.2, 0.25) is 5.02 Å². The predicted molar refractivity (Wildman–Crippen MR) is 90.1 cm³/mol. The summed E-state index contributed by atoms with van der Waals surface area (Å²) in [7, 11) is 0. The van der Waals surface area contributed by atoms with Crippen LogP contribution in [-0.4, -0.2) is 10.9 Å². The van der Waals surface area contributed by atoms with Crippen LogP contribution < -0.4 is 5.32 Å². The molecule has 116 valence electrons. The molecule has 5 heteroatoms. The molecule has 1 N–H and O–H groups in total. The average Bonchev–Trinajstić information content (AvgIpc) is 2.54. The van der Waals surface area contributed by atoms with Gasteiger partial charge in [0.2, 0.25) is 5.91 Å². The van der Waals surface area contributed by atoms with Crippen molar-refractivity contribution in [1.82, 2.24) is 4.98 Å². The van der Waals surface area contributed by atoms with E-state index in [0.717, 1.165) is 10.9 Å². The number of fused-ring (bicyclic) bond motifs is 1. The van der Waals surface area contributed by atoms with Gasteiger partial charge in [-0.1, -0.05) is 29.8 Å². The van der Waals surface area contributed by atoms with Gasteiger partial charge in [0.25, 0.3) is 0 Å². The first kappa shape index (κ1) is 15.4. The van der Waals surface area contributed by atoms with E-state index in [1.807, 2.05) is 12.1 Å². The largest absolute Gasteiger partial charge is 0.324 e. The summed E-state index contributed by atoms with van der Waals surface area (Å²) in [6.07, 6.45) is 2.51. The van der Waals surface area contributed by atoms with Crippen LogP contribution >= 0.6 is 11.6 Å². The number of nitrogens with one attached hydrogen (secondary N) is 1. The Balaban J connectivity index is 1.71. The molecule has 0 bridgehead atoms. The quantitative estimate of drug-likeness (QED) is 0.760. The second kappa shape index (κ2) is 6.75. The highest BCUT2D eigenvalue weighted by Gasteiger charge is 2.09. The van der Waals surface area contributed by atoms with Crippen molar-refractivity contribution in [2.75, 3.05) is 5.32 Å². The molecule has 0 atom stereocenters. The van der Waals surface area contributed by atoms with Gasteiger partial charge in [-0.15, -0.1) is 0 Å². The molecule has 3 rings (SSSR count). The minimum Gasteiger partial charge on any atom is -0.324 e. The number of rotatable bonds is 4. The Morgan fingerprint density at radius 1 is 1.17 bits per heavy atom. The zero-order chi connectivity index (χ0) is 16.2. The van der Waals surface area contributed by atoms with E-state index in [1.165, 1.54) is 12.1 Å². The Morgan fingerprint density at radius 2 is 1.96 bits per heavy atom. The molecule has 1 aromatic heterocycles. The zero-order valence-electron chi connectivity index (χ0n) is 12.2. The number of amides is 1. The Hall–Kier alpha value is -2.46. The van der Waals surface area contributed by atoms with Gasteiger partial charge >= 0.3 is 0 Å². The Morgan fingerprint density at radius 3 is 2.74 bits per heavy atom. The first-order chi connectivity index (χ1) is 11.1. The molecule has 0 saturated heterocycles. The SMILES string of the molecule is O=C(CCc1ccc(F)cc1)Nc1cc(Cl)cc2cccnc12. The third kappa shape index (κ3) is 3.85. The van der Waals surface area contributed by atoms with Crippen molar-refractivity contribution in [1.29, 1.82) is 0 Å². The summed E-state index contributed by atoms with van der Waals surface area (Å²) >= 11 is 6.08. The van der Waals surface area contributed by atoms with Crippen LogP contribution in [-0.2, 0) is 11.2 Å². The molecule has 0 unspecified atom stereocenters. The third-order valence-corrected chi connectivity index (χ3v) is 3.72. The summed E-state index contributed by atoms with van der Waals surface area (Å²) in [5.74, 6) is -0.418. The first-order valence-electron chi connectivity index (χ1n) is 7.20. The summed E-state index contributed by atoms with van der Waals surface area (Å²) in [6.45, 7) is 0. The maximum Gasteiger partial charge on any atom is 0.224 e. The van der Waals surface area contributed by atoms with Crippen molar-refractivity contribution in [3.63, 3.8) is 0 Å². The minimum absolute atomic E-state index is 0.136. The lowest BCUT2D eigenvalue weighted by Gasteiger charge is -2.09. The molecule has 0 aliphatic carbocycles. The summed E-state index contributed by atoms with van der Waals surface area (Å²) in [6, 6.07) is 13.3. The number of hydrogen-bond acceptors (Lipinski definition) is 2. The molecule has 0 radical (unpaired) electrons. The summed E-state index contributed by atoms with van der Waals surface area (Å²) in [5, 5.41) is 4.26. The Kier molecular flexibility index (Phi) is 4.53. The molecule has 3 aromatic rings. The Bertz CT molecular complexity index is 849. The van der Waals surface area contributed by atoms with Crippen molar-refractivity contribution in [3.8, 4) is 0 Å². The van der Waals surface area contributed by atoms with Crippen molar-refractivity contribution >= 4 is 34.1 Å². The van der Waals surface area contributed by atoms with Crippen molar-refractivity contribution in [2.45, 2.75) is 12.8 Å². The predicted octanol–water partition coefficient (Wildman–Crippen LogP) is 4.60. The number of aryl methyl sites for hydroxylation is 1. The maximum atomic E-state index is 12.9. The molecular weight excluding hydrogens is 315 g/mol. The summed E-state index contributed by atoms with van der Waals surface area (Å²) < 4.78 is 12.9. The fourth-order valence-electron chi connectivity index (χ4n) is 2.37. The van der Waals surface area contributed by atoms with E-state index < -0.39 is 0 Å². The van der Waals surface area contributed by atoms with E-state index in [0.29, 0.717) is 29.1 Å². The Labute approximate surface area is 138 Å². The number of halogens is 2. The number of benzene rings is 2. The van der Waals surface area contributed by atoms with Crippen molar-refractivity contribution in [3.05, 3.63) is 71.1 Å². The smallest absolute Gasteiger partial charge is 0.224 e. The van der Waals surface area contributed by atoms with E-state index in [4.69, 9.17) is 11.6 Å². The number of hydrogen-bond donors (Lipinski definition) is 1. The fourth-order valence-corrected chi connectivity index (χ4v) is 2.60. The monoisotopic (exact) mass is 328 g/mol. The fraction of sp³-hybridized carbons (Fsp3) is 0.111. The van der Waals surface area contributed by atoms with Crippen LogP contribution in [0.25, 0.3) is 10.9 Å². The van der Waals surface area contributed by atoms with Gasteiger partial charge in [-0.05, 0) is 42.3 Å². The molecule has 1 amide bonds. The summed E-state index contributed by atoms with van der Waals surface area (Å²) in [5.41, 5.74) is 2.21. The van der Waals surface area contributed by atoms with Gasteiger partial charge in [0.05, 0.1) is 11.2 Å². The van der Waals surface area contributed by atoms with Crippen LogP contribution in [0.3, 0.4) is 0 Å². The van der Waals surface area contributed by atoms with Crippen LogP contribution in [0, 0.1) is 5.82 Å². The highest BCUT2D eigenvalue weighted by Crippen LogP contribution is 2.26. The molecule has 2 aromatic carbocycles. The van der Waals surface area contributed by atoms with Crippen LogP contribution in [0.5, 0.6) is 0 Å². The maximum absolute atomic E-state index is 12.9. The van der Waals surface area contributed by atoms with Gasteiger partial charge < -0.3 is 5.32 Å². The molecule has 0 aliphatic rings. The van der Waals surface area contributed by atoms with Gasteiger partial charge in [-0.2, -0.15) is 0 Å². The van der Waals surface area contributed by atoms with Crippen LogP contribution in [0.15, 0.2) is 54.7 Å². The molecule has 0 aliphatic heterocycles. The average molecular weight is 329 g/mol. The molecule has 0 saturated carbocycles. The highest BCUT2D eigenvalue weighted by atomic mass is 35.5. The van der Waals surface area contributed by atoms with E-state index in [1.54, 1.807) is 30.5 Å². The minimum atomic E-state index is -0.283. The van der Waals surface area contributed by atoms with E-state index in [9.17, 15) is 9.18 Å². The summed E-state index contributed by atoms with van der Waals surface area (Å²) in [4.78, 5) is 16.4. The van der Waals surface area contributed by atoms with Gasteiger partial charge in [0, 0.05) is 23.0 Å². The lowest BCUT2D eigenvalue weighted by atomic mass is 10.1. The second-order valence-corrected chi connectivity index (χ2v) is 5.64. The van der Waals surface area contributed by atoms with Gasteiger partial charge in [-0.3, -0.25) is 9.78 Å². The first-order valence-corrected chi connectivity index (χ1v) is 7.58. The van der Waals surface area contributed by atoms with Crippen LogP contribution in [0.1, 0.15) is 12.0 Å². The highest BCUT2D eigenvalue weighted by molar-refractivity contribution is 6.32. The third-order valence-electron chi connectivity index (χ3n) is 3.50. The van der Waals surface area contributed by atoms with E-state index >= 15 is 0 Å². The van der Waals surface area contributed by atoms with Gasteiger partial charge in [0.15, 0.2) is 0 Å². The molecular formula is C18H14ClFN2O. The number of carbonyl (C=O) groups is 1. The van der Waals surface area contributed by atoms with Crippen LogP contribution in [0.4, 0.5) is 10.1 Å². The number of pyridine rings is 1. The van der Waals surface area contributed by atoms with Crippen molar-refractivity contribution < 1.29 is 9.18 Å². The molecule has 3 nitrogen and oxygen atoms in total. The number of anilines is 1. The van der Waals surface area contributed by atoms with Gasteiger partial charge in [0.1, 0.15) is 5.82 Å². The number of nitrogens with zero attached hydrogens (tertiary/aromatic N) is 1. The molecule has 23 heavy (non-hydrogen) atoms. The lowest BCUT2D eigenvalue weighted by molar-refractivity contribution is -0.116. The standard InChI is InChI=1S/C18H14ClFN2O/c19-14-10-13-2-1-9-21-18(13)16(11-14)22-17(23)8-5-12-3-6-15(20)7-4-12/h1-4,6-7,9-11H,5,8H2,(H,22,23). The molecule has 1 heterocycles. The lowest BCUT2D eigenvalue weighted by Crippen LogP contribution is -2.13. The molecule has 0 fully saturated rings. The second-order valence-electron chi connectivity index (χ2n) is 5.20. The van der Waals surface area contributed by atoms with Crippen molar-refractivity contribution in [2.24, 2.45) is 0 Å².